The lowest BCUT2D eigenvalue weighted by molar-refractivity contribution is 0.0322. The molecule has 2 saturated heterocycles. The molecule has 0 atom stereocenters. The SMILES string of the molecule is O=C1C=C(N2CCOCC2)C(=O)c2c(OCCN3CCOCC3)cccc21. The van der Waals surface area contributed by atoms with E-state index in [0.29, 0.717) is 55.5 Å². The Balaban J connectivity index is 1.50. The highest BCUT2D eigenvalue weighted by molar-refractivity contribution is 6.25. The summed E-state index contributed by atoms with van der Waals surface area (Å²) in [6.07, 6.45) is 1.45. The van der Waals surface area contributed by atoms with E-state index in [0.717, 1.165) is 32.8 Å². The first-order valence-corrected chi connectivity index (χ1v) is 9.43. The first-order valence-electron chi connectivity index (χ1n) is 9.43. The number of nitrogens with zero attached hydrogens (tertiary/aromatic N) is 2. The van der Waals surface area contributed by atoms with Gasteiger partial charge in [0.05, 0.1) is 37.7 Å². The van der Waals surface area contributed by atoms with Gasteiger partial charge in [-0.2, -0.15) is 0 Å². The second-order valence-electron chi connectivity index (χ2n) is 6.80. The Morgan fingerprint density at radius 2 is 1.67 bits per heavy atom. The molecule has 144 valence electrons. The van der Waals surface area contributed by atoms with Gasteiger partial charge in [-0.15, -0.1) is 0 Å². The van der Waals surface area contributed by atoms with Crippen molar-refractivity contribution < 1.29 is 23.8 Å². The van der Waals surface area contributed by atoms with Gasteiger partial charge in [-0.05, 0) is 6.07 Å². The average Bonchev–Trinajstić information content (AvgIpc) is 2.72. The van der Waals surface area contributed by atoms with Crippen molar-refractivity contribution in [2.75, 3.05) is 65.8 Å². The first-order chi connectivity index (χ1) is 13.2. The van der Waals surface area contributed by atoms with E-state index in [1.54, 1.807) is 18.2 Å². The molecule has 1 aromatic carbocycles. The zero-order valence-electron chi connectivity index (χ0n) is 15.3. The predicted octanol–water partition coefficient (Wildman–Crippen LogP) is 0.993. The summed E-state index contributed by atoms with van der Waals surface area (Å²) < 4.78 is 16.6. The number of benzene rings is 1. The molecule has 0 bridgehead atoms. The lowest BCUT2D eigenvalue weighted by atomic mass is 9.91. The molecule has 0 saturated carbocycles. The molecule has 4 rings (SSSR count). The Bertz CT molecular complexity index is 749. The number of allylic oxidation sites excluding steroid dienone is 2. The van der Waals surface area contributed by atoms with Gasteiger partial charge in [-0.1, -0.05) is 12.1 Å². The van der Waals surface area contributed by atoms with Crippen molar-refractivity contribution in [2.45, 2.75) is 0 Å². The van der Waals surface area contributed by atoms with Crippen LogP contribution in [0.1, 0.15) is 20.7 Å². The van der Waals surface area contributed by atoms with Gasteiger partial charge in [0.1, 0.15) is 12.4 Å². The van der Waals surface area contributed by atoms with Gasteiger partial charge in [0.25, 0.3) is 0 Å². The van der Waals surface area contributed by atoms with Gasteiger partial charge < -0.3 is 19.1 Å². The van der Waals surface area contributed by atoms with Crippen molar-refractivity contribution in [3.05, 3.63) is 41.1 Å². The number of ketones is 2. The molecule has 0 aromatic heterocycles. The maximum atomic E-state index is 13.1. The number of hydrogen-bond acceptors (Lipinski definition) is 7. The van der Waals surface area contributed by atoms with E-state index in [9.17, 15) is 9.59 Å². The second-order valence-corrected chi connectivity index (χ2v) is 6.80. The van der Waals surface area contributed by atoms with E-state index in [4.69, 9.17) is 14.2 Å². The predicted molar refractivity (Wildman–Crippen MR) is 98.3 cm³/mol. The van der Waals surface area contributed by atoms with Crippen molar-refractivity contribution in [3.63, 3.8) is 0 Å². The van der Waals surface area contributed by atoms with Crippen molar-refractivity contribution in [1.29, 1.82) is 0 Å². The summed E-state index contributed by atoms with van der Waals surface area (Å²) in [5, 5.41) is 0. The van der Waals surface area contributed by atoms with Crippen LogP contribution in [0.3, 0.4) is 0 Å². The Labute approximate surface area is 158 Å². The van der Waals surface area contributed by atoms with E-state index in [1.807, 2.05) is 4.90 Å². The van der Waals surface area contributed by atoms with Crippen LogP contribution in [0.5, 0.6) is 5.75 Å². The number of fused-ring (bicyclic) bond motifs is 1. The van der Waals surface area contributed by atoms with E-state index in [1.165, 1.54) is 6.08 Å². The molecule has 0 amide bonds. The summed E-state index contributed by atoms with van der Waals surface area (Å²) in [5.74, 6) is 0.191. The summed E-state index contributed by atoms with van der Waals surface area (Å²) >= 11 is 0. The largest absolute Gasteiger partial charge is 0.491 e. The van der Waals surface area contributed by atoms with Crippen LogP contribution in [0.25, 0.3) is 0 Å². The van der Waals surface area contributed by atoms with Crippen LogP contribution in [0.2, 0.25) is 0 Å². The summed E-state index contributed by atoms with van der Waals surface area (Å²) in [7, 11) is 0. The van der Waals surface area contributed by atoms with Crippen molar-refractivity contribution >= 4 is 11.6 Å². The minimum absolute atomic E-state index is 0.145. The molecule has 0 radical (unpaired) electrons. The quantitative estimate of drug-likeness (QED) is 0.764. The van der Waals surface area contributed by atoms with E-state index in [2.05, 4.69) is 4.90 Å². The molecule has 0 unspecified atom stereocenters. The smallest absolute Gasteiger partial charge is 0.213 e. The van der Waals surface area contributed by atoms with Crippen LogP contribution in [0, 0.1) is 0 Å². The molecular formula is C20H24N2O5. The Hall–Kier alpha value is -2.22. The topological polar surface area (TPSA) is 68.3 Å². The van der Waals surface area contributed by atoms with Gasteiger partial charge in [-0.25, -0.2) is 0 Å². The van der Waals surface area contributed by atoms with Crippen LogP contribution in [-0.2, 0) is 9.47 Å². The third kappa shape index (κ3) is 3.90. The molecule has 0 N–H and O–H groups in total. The first kappa shape index (κ1) is 18.2. The Morgan fingerprint density at radius 1 is 0.963 bits per heavy atom. The molecular weight excluding hydrogens is 348 g/mol. The van der Waals surface area contributed by atoms with Gasteiger partial charge in [0, 0.05) is 44.4 Å². The summed E-state index contributed by atoms with van der Waals surface area (Å²) in [6.45, 7) is 6.82. The highest BCUT2D eigenvalue weighted by Crippen LogP contribution is 2.31. The standard InChI is InChI=1S/C20H24N2O5/c23-17-14-16(22-7-11-26-12-8-22)20(24)19-15(17)2-1-3-18(19)27-13-6-21-4-9-25-10-5-21/h1-3,14H,4-13H2. The third-order valence-electron chi connectivity index (χ3n) is 5.14. The van der Waals surface area contributed by atoms with Crippen LogP contribution in [-0.4, -0.2) is 87.1 Å². The number of hydrogen-bond donors (Lipinski definition) is 0. The van der Waals surface area contributed by atoms with E-state index >= 15 is 0 Å². The number of ether oxygens (including phenoxy) is 3. The maximum Gasteiger partial charge on any atom is 0.213 e. The fourth-order valence-electron chi connectivity index (χ4n) is 3.64. The summed E-state index contributed by atoms with van der Waals surface area (Å²) in [4.78, 5) is 29.9. The monoisotopic (exact) mass is 372 g/mol. The fraction of sp³-hybridized carbons (Fsp3) is 0.500. The number of morpholine rings is 2. The molecule has 1 aliphatic carbocycles. The minimum Gasteiger partial charge on any atom is -0.491 e. The Kier molecular flexibility index (Phi) is 5.52. The second kappa shape index (κ2) is 8.21. The molecule has 0 spiro atoms. The Morgan fingerprint density at radius 3 is 2.41 bits per heavy atom. The average molecular weight is 372 g/mol. The van der Waals surface area contributed by atoms with Crippen molar-refractivity contribution in [3.8, 4) is 5.75 Å². The third-order valence-corrected chi connectivity index (χ3v) is 5.14. The number of rotatable bonds is 5. The van der Waals surface area contributed by atoms with Crippen LogP contribution < -0.4 is 4.74 Å². The molecule has 3 aliphatic rings. The van der Waals surface area contributed by atoms with E-state index < -0.39 is 0 Å². The molecule has 2 fully saturated rings. The van der Waals surface area contributed by atoms with Gasteiger partial charge in [0.2, 0.25) is 5.78 Å². The normalized spacial score (nSPS) is 21.0. The highest BCUT2D eigenvalue weighted by atomic mass is 16.5. The number of carbonyl (C=O) groups excluding carboxylic acids is 2. The zero-order chi connectivity index (χ0) is 18.6. The molecule has 27 heavy (non-hydrogen) atoms. The van der Waals surface area contributed by atoms with E-state index in [-0.39, 0.29) is 11.6 Å². The van der Waals surface area contributed by atoms with Gasteiger partial charge in [-0.3, -0.25) is 14.5 Å². The van der Waals surface area contributed by atoms with Crippen LogP contribution in [0.15, 0.2) is 30.0 Å². The maximum absolute atomic E-state index is 13.1. The zero-order valence-corrected chi connectivity index (χ0v) is 15.3. The molecule has 1 aromatic rings. The minimum atomic E-state index is -0.148. The fourth-order valence-corrected chi connectivity index (χ4v) is 3.64. The number of carbonyl (C=O) groups is 2. The van der Waals surface area contributed by atoms with Crippen molar-refractivity contribution in [2.24, 2.45) is 0 Å². The van der Waals surface area contributed by atoms with Crippen molar-refractivity contribution in [1.82, 2.24) is 9.80 Å². The lowest BCUT2D eigenvalue weighted by Gasteiger charge is -2.32. The lowest BCUT2D eigenvalue weighted by Crippen LogP contribution is -2.40. The van der Waals surface area contributed by atoms with Crippen LogP contribution >= 0.6 is 0 Å². The summed E-state index contributed by atoms with van der Waals surface area (Å²) in [6, 6.07) is 5.23. The molecule has 2 heterocycles. The molecule has 2 aliphatic heterocycles. The molecule has 7 heteroatoms. The highest BCUT2D eigenvalue weighted by Gasteiger charge is 2.32. The van der Waals surface area contributed by atoms with Crippen LogP contribution in [0.4, 0.5) is 0 Å². The van der Waals surface area contributed by atoms with Gasteiger partial charge >= 0.3 is 0 Å². The number of Topliss-reactive ketones (excluding diaryl/α,β-unsaturated/α-hetero) is 1. The van der Waals surface area contributed by atoms with Gasteiger partial charge in [0.15, 0.2) is 5.78 Å². The summed E-state index contributed by atoms with van der Waals surface area (Å²) in [5.41, 5.74) is 1.24. The molecule has 7 nitrogen and oxygen atoms in total.